The summed E-state index contributed by atoms with van der Waals surface area (Å²) in [5.41, 5.74) is 2.07. The molecular formula is C15H13BrN2S2. The molecule has 3 aromatic rings. The predicted octanol–water partition coefficient (Wildman–Crippen LogP) is 5.48. The first-order chi connectivity index (χ1) is 9.74. The molecule has 0 radical (unpaired) electrons. The number of aryl methyl sites for hydroxylation is 1. The minimum absolute atomic E-state index is 0.191. The highest BCUT2D eigenvalue weighted by Crippen LogP contribution is 2.33. The fraction of sp³-hybridized carbons (Fsp3) is 0.133. The number of hydrogen-bond acceptors (Lipinski definition) is 4. The van der Waals surface area contributed by atoms with Gasteiger partial charge < -0.3 is 5.32 Å². The lowest BCUT2D eigenvalue weighted by atomic mass is 10.2. The highest BCUT2D eigenvalue weighted by Gasteiger charge is 2.17. The molecule has 0 spiro atoms. The van der Waals surface area contributed by atoms with Gasteiger partial charge in [-0.1, -0.05) is 12.1 Å². The summed E-state index contributed by atoms with van der Waals surface area (Å²) in [6.07, 6.45) is 0. The molecule has 102 valence electrons. The van der Waals surface area contributed by atoms with Crippen molar-refractivity contribution in [3.8, 4) is 0 Å². The van der Waals surface area contributed by atoms with Gasteiger partial charge in [-0.05, 0) is 57.9 Å². The number of anilines is 1. The van der Waals surface area contributed by atoms with Crippen molar-refractivity contribution in [3.05, 3.63) is 67.2 Å². The van der Waals surface area contributed by atoms with Gasteiger partial charge in [-0.25, -0.2) is 4.98 Å². The van der Waals surface area contributed by atoms with E-state index in [2.05, 4.69) is 67.3 Å². The Hall–Kier alpha value is -1.17. The maximum Gasteiger partial charge on any atom is 0.106 e. The SMILES string of the molecule is Cc1nc(Br)ccc1NC(c1cccs1)c1cccs1. The summed E-state index contributed by atoms with van der Waals surface area (Å²) in [6.45, 7) is 2.02. The molecule has 5 heteroatoms. The van der Waals surface area contributed by atoms with Gasteiger partial charge >= 0.3 is 0 Å². The fourth-order valence-electron chi connectivity index (χ4n) is 2.03. The first-order valence-corrected chi connectivity index (χ1v) is 8.76. The third kappa shape index (κ3) is 2.95. The van der Waals surface area contributed by atoms with E-state index >= 15 is 0 Å². The first-order valence-electron chi connectivity index (χ1n) is 6.20. The molecule has 0 aliphatic heterocycles. The number of aromatic nitrogens is 1. The lowest BCUT2D eigenvalue weighted by molar-refractivity contribution is 0.978. The molecule has 3 heterocycles. The second-order valence-corrected chi connectivity index (χ2v) is 7.15. The van der Waals surface area contributed by atoms with E-state index in [1.165, 1.54) is 9.75 Å². The van der Waals surface area contributed by atoms with Crippen LogP contribution in [-0.2, 0) is 0 Å². The van der Waals surface area contributed by atoms with Gasteiger partial charge in [-0.3, -0.25) is 0 Å². The monoisotopic (exact) mass is 364 g/mol. The van der Waals surface area contributed by atoms with Crippen molar-refractivity contribution in [2.45, 2.75) is 13.0 Å². The van der Waals surface area contributed by atoms with Crippen molar-refractivity contribution >= 4 is 44.3 Å². The molecule has 0 aliphatic carbocycles. The average Bonchev–Trinajstić information content (AvgIpc) is 3.11. The van der Waals surface area contributed by atoms with Crippen LogP contribution >= 0.6 is 38.6 Å². The van der Waals surface area contributed by atoms with Crippen LogP contribution in [0.3, 0.4) is 0 Å². The lowest BCUT2D eigenvalue weighted by Gasteiger charge is -2.18. The second kappa shape index (κ2) is 6.08. The summed E-state index contributed by atoms with van der Waals surface area (Å²) in [7, 11) is 0. The molecule has 2 nitrogen and oxygen atoms in total. The van der Waals surface area contributed by atoms with Crippen molar-refractivity contribution in [1.29, 1.82) is 0 Å². The third-order valence-electron chi connectivity index (χ3n) is 3.01. The van der Waals surface area contributed by atoms with E-state index in [1.807, 2.05) is 13.0 Å². The molecule has 1 N–H and O–H groups in total. The molecule has 0 fully saturated rings. The van der Waals surface area contributed by atoms with Crippen LogP contribution in [0.4, 0.5) is 5.69 Å². The highest BCUT2D eigenvalue weighted by atomic mass is 79.9. The van der Waals surface area contributed by atoms with Crippen LogP contribution in [0, 0.1) is 6.92 Å². The fourth-order valence-corrected chi connectivity index (χ4v) is 4.09. The van der Waals surface area contributed by atoms with Gasteiger partial charge in [0.25, 0.3) is 0 Å². The Kier molecular flexibility index (Phi) is 4.19. The van der Waals surface area contributed by atoms with E-state index in [4.69, 9.17) is 0 Å². The lowest BCUT2D eigenvalue weighted by Crippen LogP contribution is -2.11. The Morgan fingerprint density at radius 2 is 1.70 bits per heavy atom. The van der Waals surface area contributed by atoms with E-state index < -0.39 is 0 Å². The number of hydrogen-bond donors (Lipinski definition) is 1. The molecule has 0 amide bonds. The maximum absolute atomic E-state index is 4.45. The van der Waals surface area contributed by atoms with Crippen LogP contribution in [0.5, 0.6) is 0 Å². The molecular weight excluding hydrogens is 352 g/mol. The molecule has 0 atom stereocenters. The van der Waals surface area contributed by atoms with Crippen LogP contribution in [-0.4, -0.2) is 4.98 Å². The van der Waals surface area contributed by atoms with Crippen molar-refractivity contribution in [2.24, 2.45) is 0 Å². The molecule has 20 heavy (non-hydrogen) atoms. The Labute approximate surface area is 134 Å². The van der Waals surface area contributed by atoms with Gasteiger partial charge in [0.05, 0.1) is 17.4 Å². The predicted molar refractivity (Wildman–Crippen MR) is 90.8 cm³/mol. The van der Waals surface area contributed by atoms with Crippen LogP contribution in [0.15, 0.2) is 51.8 Å². The molecule has 0 unspecified atom stereocenters. The quantitative estimate of drug-likeness (QED) is 0.620. The number of pyridine rings is 1. The minimum Gasteiger partial charge on any atom is -0.371 e. The zero-order valence-electron chi connectivity index (χ0n) is 10.8. The van der Waals surface area contributed by atoms with Gasteiger partial charge in [-0.2, -0.15) is 0 Å². The summed E-state index contributed by atoms with van der Waals surface area (Å²) in [5.74, 6) is 0. The number of rotatable bonds is 4. The van der Waals surface area contributed by atoms with E-state index in [0.717, 1.165) is 16.0 Å². The molecule has 0 saturated carbocycles. The molecule has 3 aromatic heterocycles. The van der Waals surface area contributed by atoms with E-state index in [-0.39, 0.29) is 6.04 Å². The van der Waals surface area contributed by atoms with Gasteiger partial charge in [0, 0.05) is 9.75 Å². The number of halogens is 1. The topological polar surface area (TPSA) is 24.9 Å². The maximum atomic E-state index is 4.45. The summed E-state index contributed by atoms with van der Waals surface area (Å²) in [4.78, 5) is 7.08. The van der Waals surface area contributed by atoms with Crippen LogP contribution in [0.2, 0.25) is 0 Å². The Bertz CT molecular complexity index is 644. The normalized spacial score (nSPS) is 10.9. The Morgan fingerprint density at radius 3 is 2.20 bits per heavy atom. The van der Waals surface area contributed by atoms with E-state index in [0.29, 0.717) is 0 Å². The van der Waals surface area contributed by atoms with Gasteiger partial charge in [0.2, 0.25) is 0 Å². The largest absolute Gasteiger partial charge is 0.371 e. The van der Waals surface area contributed by atoms with Gasteiger partial charge in [0.15, 0.2) is 0 Å². The number of nitrogens with one attached hydrogen (secondary N) is 1. The highest BCUT2D eigenvalue weighted by molar-refractivity contribution is 9.10. The van der Waals surface area contributed by atoms with Gasteiger partial charge in [-0.15, -0.1) is 22.7 Å². The summed E-state index contributed by atoms with van der Waals surface area (Å²) < 4.78 is 0.865. The van der Waals surface area contributed by atoms with Crippen LogP contribution < -0.4 is 5.32 Å². The minimum atomic E-state index is 0.191. The molecule has 0 aliphatic rings. The molecule has 0 bridgehead atoms. The summed E-state index contributed by atoms with van der Waals surface area (Å²) in [6, 6.07) is 12.8. The van der Waals surface area contributed by atoms with Crippen molar-refractivity contribution in [1.82, 2.24) is 4.98 Å². The zero-order chi connectivity index (χ0) is 13.9. The number of thiophene rings is 2. The second-order valence-electron chi connectivity index (χ2n) is 4.38. The summed E-state index contributed by atoms with van der Waals surface area (Å²) in [5, 5.41) is 7.85. The van der Waals surface area contributed by atoms with Crippen LogP contribution in [0.25, 0.3) is 0 Å². The van der Waals surface area contributed by atoms with Crippen molar-refractivity contribution in [2.75, 3.05) is 5.32 Å². The summed E-state index contributed by atoms with van der Waals surface area (Å²) >= 11 is 6.95. The Balaban J connectivity index is 1.95. The average molecular weight is 365 g/mol. The molecule has 3 rings (SSSR count). The van der Waals surface area contributed by atoms with E-state index in [9.17, 15) is 0 Å². The van der Waals surface area contributed by atoms with Crippen LogP contribution in [0.1, 0.15) is 21.5 Å². The first kappa shape index (κ1) is 13.8. The number of nitrogens with zero attached hydrogens (tertiary/aromatic N) is 1. The Morgan fingerprint density at radius 1 is 1.05 bits per heavy atom. The van der Waals surface area contributed by atoms with Gasteiger partial charge in [0.1, 0.15) is 4.60 Å². The van der Waals surface area contributed by atoms with Crippen molar-refractivity contribution in [3.63, 3.8) is 0 Å². The smallest absolute Gasteiger partial charge is 0.106 e. The molecule has 0 aromatic carbocycles. The third-order valence-corrected chi connectivity index (χ3v) is 5.32. The molecule has 0 saturated heterocycles. The van der Waals surface area contributed by atoms with E-state index in [1.54, 1.807) is 22.7 Å². The zero-order valence-corrected chi connectivity index (χ0v) is 14.1. The van der Waals surface area contributed by atoms with Crippen molar-refractivity contribution < 1.29 is 0 Å². The standard InChI is InChI=1S/C15H13BrN2S2/c1-10-11(6-7-14(16)17-10)18-15(12-4-2-8-19-12)13-5-3-9-20-13/h2-9,15,18H,1H3.